The minimum absolute atomic E-state index is 0.661. The van der Waals surface area contributed by atoms with Gasteiger partial charge in [0.1, 0.15) is 0 Å². The van der Waals surface area contributed by atoms with Gasteiger partial charge in [0.25, 0.3) is 0 Å². The molecule has 2 rings (SSSR count). The standard InChI is InChI=1S/C14H18N2/c1-2-3-4-10-5-6-11-8-13(15)14(16)9-12(11)7-10/h5-9H,2-4,15-16H2,1H3. The Bertz CT molecular complexity index is 503. The van der Waals surface area contributed by atoms with E-state index in [9.17, 15) is 0 Å². The topological polar surface area (TPSA) is 52.0 Å². The Balaban J connectivity index is 2.41. The number of hydrogen-bond acceptors (Lipinski definition) is 2. The highest BCUT2D eigenvalue weighted by Crippen LogP contribution is 2.25. The van der Waals surface area contributed by atoms with E-state index in [4.69, 9.17) is 11.5 Å². The maximum absolute atomic E-state index is 5.81. The number of benzene rings is 2. The zero-order chi connectivity index (χ0) is 11.5. The van der Waals surface area contributed by atoms with Crippen LogP contribution in [-0.4, -0.2) is 0 Å². The second kappa shape index (κ2) is 4.44. The van der Waals surface area contributed by atoms with Crippen molar-refractivity contribution in [2.45, 2.75) is 26.2 Å². The average Bonchev–Trinajstić information content (AvgIpc) is 2.28. The van der Waals surface area contributed by atoms with Crippen molar-refractivity contribution in [3.63, 3.8) is 0 Å². The molecule has 0 aromatic heterocycles. The zero-order valence-corrected chi connectivity index (χ0v) is 9.66. The van der Waals surface area contributed by atoms with Crippen LogP contribution in [-0.2, 0) is 6.42 Å². The number of hydrogen-bond donors (Lipinski definition) is 2. The Kier molecular flexibility index (Phi) is 3.00. The molecule has 0 aliphatic rings. The fourth-order valence-corrected chi connectivity index (χ4v) is 1.92. The van der Waals surface area contributed by atoms with Crippen LogP contribution >= 0.6 is 0 Å². The Morgan fingerprint density at radius 2 is 1.62 bits per heavy atom. The van der Waals surface area contributed by atoms with Crippen molar-refractivity contribution in [3.8, 4) is 0 Å². The van der Waals surface area contributed by atoms with Gasteiger partial charge in [-0.1, -0.05) is 31.5 Å². The summed E-state index contributed by atoms with van der Waals surface area (Å²) in [4.78, 5) is 0. The van der Waals surface area contributed by atoms with Crippen LogP contribution in [0.3, 0.4) is 0 Å². The Morgan fingerprint density at radius 1 is 0.938 bits per heavy atom. The van der Waals surface area contributed by atoms with E-state index >= 15 is 0 Å². The van der Waals surface area contributed by atoms with Crippen LogP contribution in [0.1, 0.15) is 25.3 Å². The summed E-state index contributed by atoms with van der Waals surface area (Å²) in [6, 6.07) is 10.4. The van der Waals surface area contributed by atoms with E-state index < -0.39 is 0 Å². The molecule has 0 amide bonds. The van der Waals surface area contributed by atoms with E-state index in [2.05, 4.69) is 25.1 Å². The normalized spacial score (nSPS) is 10.8. The Morgan fingerprint density at radius 3 is 2.31 bits per heavy atom. The average molecular weight is 214 g/mol. The van der Waals surface area contributed by atoms with E-state index in [0.29, 0.717) is 11.4 Å². The largest absolute Gasteiger partial charge is 0.397 e. The molecule has 0 spiro atoms. The lowest BCUT2D eigenvalue weighted by Gasteiger charge is -2.06. The van der Waals surface area contributed by atoms with Gasteiger partial charge < -0.3 is 11.5 Å². The lowest BCUT2D eigenvalue weighted by atomic mass is 10.0. The maximum Gasteiger partial charge on any atom is 0.0554 e. The fraction of sp³-hybridized carbons (Fsp3) is 0.286. The number of rotatable bonds is 3. The molecule has 0 atom stereocenters. The molecule has 0 unspecified atom stereocenters. The molecule has 4 N–H and O–H groups in total. The van der Waals surface area contributed by atoms with Crippen LogP contribution in [0.25, 0.3) is 10.8 Å². The highest BCUT2D eigenvalue weighted by molar-refractivity contribution is 5.91. The molecule has 16 heavy (non-hydrogen) atoms. The molecule has 2 nitrogen and oxygen atoms in total. The molecule has 0 aliphatic heterocycles. The second-order valence-corrected chi connectivity index (χ2v) is 4.27. The van der Waals surface area contributed by atoms with Crippen molar-refractivity contribution in [3.05, 3.63) is 35.9 Å². The lowest BCUT2D eigenvalue weighted by Crippen LogP contribution is -1.94. The van der Waals surface area contributed by atoms with Crippen LogP contribution in [0, 0.1) is 0 Å². The van der Waals surface area contributed by atoms with E-state index in [1.54, 1.807) is 0 Å². The van der Waals surface area contributed by atoms with E-state index in [1.807, 2.05) is 12.1 Å². The number of nitrogens with two attached hydrogens (primary N) is 2. The maximum atomic E-state index is 5.81. The molecule has 2 heteroatoms. The summed E-state index contributed by atoms with van der Waals surface area (Å²) in [6.45, 7) is 2.21. The summed E-state index contributed by atoms with van der Waals surface area (Å²) < 4.78 is 0. The first kappa shape index (κ1) is 10.8. The summed E-state index contributed by atoms with van der Waals surface area (Å²) in [5.74, 6) is 0. The van der Waals surface area contributed by atoms with Crippen molar-refractivity contribution in [1.29, 1.82) is 0 Å². The number of nitrogen functional groups attached to an aromatic ring is 2. The molecule has 0 saturated carbocycles. The molecular formula is C14H18N2. The summed E-state index contributed by atoms with van der Waals surface area (Å²) >= 11 is 0. The first-order valence-corrected chi connectivity index (χ1v) is 5.78. The third kappa shape index (κ3) is 2.11. The third-order valence-electron chi connectivity index (χ3n) is 2.93. The molecule has 0 fully saturated rings. The predicted molar refractivity (Wildman–Crippen MR) is 71.4 cm³/mol. The van der Waals surface area contributed by atoms with Crippen LogP contribution in [0.5, 0.6) is 0 Å². The SMILES string of the molecule is CCCCc1ccc2cc(N)c(N)cc2c1. The number of aryl methyl sites for hydroxylation is 1. The van der Waals surface area contributed by atoms with Crippen molar-refractivity contribution < 1.29 is 0 Å². The minimum Gasteiger partial charge on any atom is -0.397 e. The van der Waals surface area contributed by atoms with Crippen LogP contribution < -0.4 is 11.5 Å². The molecule has 0 saturated heterocycles. The molecular weight excluding hydrogens is 196 g/mol. The van der Waals surface area contributed by atoms with Gasteiger partial charge in [0, 0.05) is 0 Å². The van der Waals surface area contributed by atoms with Crippen molar-refractivity contribution >= 4 is 22.1 Å². The van der Waals surface area contributed by atoms with E-state index in [-0.39, 0.29) is 0 Å². The van der Waals surface area contributed by atoms with Crippen LogP contribution in [0.4, 0.5) is 11.4 Å². The first-order valence-electron chi connectivity index (χ1n) is 5.78. The van der Waals surface area contributed by atoms with Gasteiger partial charge in [-0.05, 0) is 41.3 Å². The third-order valence-corrected chi connectivity index (χ3v) is 2.93. The quantitative estimate of drug-likeness (QED) is 0.770. The number of unbranched alkanes of at least 4 members (excludes halogenated alkanes) is 1. The van der Waals surface area contributed by atoms with Gasteiger partial charge in [0.2, 0.25) is 0 Å². The van der Waals surface area contributed by atoms with E-state index in [0.717, 1.165) is 11.8 Å². The molecule has 84 valence electrons. The number of anilines is 2. The van der Waals surface area contributed by atoms with Gasteiger partial charge in [-0.3, -0.25) is 0 Å². The summed E-state index contributed by atoms with van der Waals surface area (Å²) in [5.41, 5.74) is 14.3. The molecule has 2 aromatic rings. The van der Waals surface area contributed by atoms with Gasteiger partial charge >= 0.3 is 0 Å². The summed E-state index contributed by atoms with van der Waals surface area (Å²) in [6.07, 6.45) is 3.59. The van der Waals surface area contributed by atoms with E-state index in [1.165, 1.54) is 23.8 Å². The molecule has 0 radical (unpaired) electrons. The van der Waals surface area contributed by atoms with Crippen molar-refractivity contribution in [2.75, 3.05) is 11.5 Å². The monoisotopic (exact) mass is 214 g/mol. The zero-order valence-electron chi connectivity index (χ0n) is 9.66. The lowest BCUT2D eigenvalue weighted by molar-refractivity contribution is 0.796. The van der Waals surface area contributed by atoms with Gasteiger partial charge in [0.05, 0.1) is 11.4 Å². The number of fused-ring (bicyclic) bond motifs is 1. The van der Waals surface area contributed by atoms with Gasteiger partial charge in [-0.25, -0.2) is 0 Å². The summed E-state index contributed by atoms with van der Waals surface area (Å²) in [5, 5.41) is 2.34. The fourth-order valence-electron chi connectivity index (χ4n) is 1.92. The molecule has 0 aliphatic carbocycles. The Labute approximate surface area is 96.3 Å². The summed E-state index contributed by atoms with van der Waals surface area (Å²) in [7, 11) is 0. The Hall–Kier alpha value is -1.70. The first-order chi connectivity index (χ1) is 7.70. The van der Waals surface area contributed by atoms with Crippen LogP contribution in [0.2, 0.25) is 0 Å². The van der Waals surface area contributed by atoms with Gasteiger partial charge in [0.15, 0.2) is 0 Å². The molecule has 0 bridgehead atoms. The van der Waals surface area contributed by atoms with Crippen molar-refractivity contribution in [1.82, 2.24) is 0 Å². The van der Waals surface area contributed by atoms with Gasteiger partial charge in [-0.2, -0.15) is 0 Å². The smallest absolute Gasteiger partial charge is 0.0554 e. The highest BCUT2D eigenvalue weighted by atomic mass is 14.7. The van der Waals surface area contributed by atoms with Gasteiger partial charge in [-0.15, -0.1) is 0 Å². The van der Waals surface area contributed by atoms with Crippen molar-refractivity contribution in [2.24, 2.45) is 0 Å². The predicted octanol–water partition coefficient (Wildman–Crippen LogP) is 3.35. The molecule has 2 aromatic carbocycles. The minimum atomic E-state index is 0.661. The van der Waals surface area contributed by atoms with Crippen LogP contribution in [0.15, 0.2) is 30.3 Å². The molecule has 0 heterocycles. The second-order valence-electron chi connectivity index (χ2n) is 4.27. The highest BCUT2D eigenvalue weighted by Gasteiger charge is 2.00.